The van der Waals surface area contributed by atoms with Crippen LogP contribution in [0.25, 0.3) is 0 Å². The van der Waals surface area contributed by atoms with Crippen molar-refractivity contribution in [1.29, 1.82) is 0 Å². The molecule has 1 N–H and O–H groups in total. The van der Waals surface area contributed by atoms with E-state index in [-0.39, 0.29) is 0 Å². The molecule has 0 fully saturated rings. The molecule has 2 aromatic heterocycles. The first-order valence-electron chi connectivity index (χ1n) is 7.21. The van der Waals surface area contributed by atoms with Gasteiger partial charge in [0, 0.05) is 63.0 Å². The molecule has 0 saturated heterocycles. The Morgan fingerprint density at radius 3 is 2.82 bits per heavy atom. The van der Waals surface area contributed by atoms with E-state index in [2.05, 4.69) is 57.5 Å². The molecule has 22 heavy (non-hydrogen) atoms. The molecule has 0 aliphatic rings. The lowest BCUT2D eigenvalue weighted by molar-refractivity contribution is 0.459. The standard InChI is InChI=1S/C15H23BrN6/c1-12-18-5-7-22(12)8-6-19-15(17-2)21(4)11-14-9-13(16)10-20(14)3/h5,7,9-10H,6,8,11H2,1-4H3,(H,17,19). The molecule has 0 amide bonds. The van der Waals surface area contributed by atoms with Crippen LogP contribution in [-0.4, -0.2) is 45.6 Å². The maximum atomic E-state index is 4.35. The summed E-state index contributed by atoms with van der Waals surface area (Å²) in [4.78, 5) is 10.7. The number of nitrogens with one attached hydrogen (secondary N) is 1. The molecule has 0 atom stereocenters. The van der Waals surface area contributed by atoms with Crippen molar-refractivity contribution >= 4 is 21.9 Å². The molecule has 0 bridgehead atoms. The Morgan fingerprint density at radius 2 is 2.27 bits per heavy atom. The van der Waals surface area contributed by atoms with E-state index in [1.54, 1.807) is 0 Å². The molecular formula is C15H23BrN6. The second-order valence-corrected chi connectivity index (χ2v) is 6.17. The fourth-order valence-electron chi connectivity index (χ4n) is 2.35. The number of hydrogen-bond acceptors (Lipinski definition) is 2. The average molecular weight is 367 g/mol. The van der Waals surface area contributed by atoms with Gasteiger partial charge in [0.15, 0.2) is 5.96 Å². The van der Waals surface area contributed by atoms with Crippen LogP contribution in [0.5, 0.6) is 0 Å². The number of nitrogens with zero attached hydrogens (tertiary/aromatic N) is 5. The van der Waals surface area contributed by atoms with Crippen molar-refractivity contribution in [1.82, 2.24) is 24.3 Å². The van der Waals surface area contributed by atoms with Gasteiger partial charge in [-0.05, 0) is 28.9 Å². The molecule has 0 aliphatic carbocycles. The molecule has 7 heteroatoms. The van der Waals surface area contributed by atoms with Crippen molar-refractivity contribution in [2.45, 2.75) is 20.0 Å². The summed E-state index contributed by atoms with van der Waals surface area (Å²) in [5.74, 6) is 1.91. The van der Waals surface area contributed by atoms with Gasteiger partial charge in [0.2, 0.25) is 0 Å². The van der Waals surface area contributed by atoms with Crippen LogP contribution in [0.3, 0.4) is 0 Å². The number of aliphatic imine (C=N–C) groups is 1. The van der Waals surface area contributed by atoms with Gasteiger partial charge < -0.3 is 19.4 Å². The van der Waals surface area contributed by atoms with Crippen molar-refractivity contribution in [3.05, 3.63) is 40.6 Å². The molecule has 2 aromatic rings. The molecule has 0 aromatic carbocycles. The molecular weight excluding hydrogens is 344 g/mol. The van der Waals surface area contributed by atoms with E-state index in [0.29, 0.717) is 0 Å². The quantitative estimate of drug-likeness (QED) is 0.650. The van der Waals surface area contributed by atoms with Gasteiger partial charge in [-0.3, -0.25) is 4.99 Å². The van der Waals surface area contributed by atoms with E-state index in [1.807, 2.05) is 40.5 Å². The fourth-order valence-corrected chi connectivity index (χ4v) is 2.93. The second kappa shape index (κ2) is 7.49. The highest BCUT2D eigenvalue weighted by molar-refractivity contribution is 9.10. The van der Waals surface area contributed by atoms with E-state index in [4.69, 9.17) is 0 Å². The third-order valence-corrected chi connectivity index (χ3v) is 4.04. The lowest BCUT2D eigenvalue weighted by atomic mass is 10.4. The largest absolute Gasteiger partial charge is 0.354 e. The maximum absolute atomic E-state index is 4.35. The molecule has 0 radical (unpaired) electrons. The van der Waals surface area contributed by atoms with Crippen molar-refractivity contribution < 1.29 is 0 Å². The van der Waals surface area contributed by atoms with Crippen LogP contribution in [0, 0.1) is 6.92 Å². The average Bonchev–Trinajstić information content (AvgIpc) is 3.01. The Morgan fingerprint density at radius 1 is 1.50 bits per heavy atom. The minimum atomic E-state index is 0.797. The fraction of sp³-hybridized carbons (Fsp3) is 0.467. The van der Waals surface area contributed by atoms with E-state index >= 15 is 0 Å². The highest BCUT2D eigenvalue weighted by atomic mass is 79.9. The summed E-state index contributed by atoms with van der Waals surface area (Å²) in [6, 6.07) is 2.12. The molecule has 0 spiro atoms. The summed E-state index contributed by atoms with van der Waals surface area (Å²) < 4.78 is 5.33. The molecule has 6 nitrogen and oxygen atoms in total. The second-order valence-electron chi connectivity index (χ2n) is 5.26. The summed E-state index contributed by atoms with van der Waals surface area (Å²) in [5, 5.41) is 3.39. The molecule has 120 valence electrons. The van der Waals surface area contributed by atoms with E-state index in [9.17, 15) is 0 Å². The number of imidazole rings is 1. The van der Waals surface area contributed by atoms with E-state index in [1.165, 1.54) is 5.69 Å². The monoisotopic (exact) mass is 366 g/mol. The first-order chi connectivity index (χ1) is 10.5. The SMILES string of the molecule is CN=C(NCCn1ccnc1C)N(C)Cc1cc(Br)cn1C. The lowest BCUT2D eigenvalue weighted by Gasteiger charge is -2.22. The Balaban J connectivity index is 1.88. The van der Waals surface area contributed by atoms with Gasteiger partial charge in [0.05, 0.1) is 6.54 Å². The number of hydrogen-bond donors (Lipinski definition) is 1. The van der Waals surface area contributed by atoms with E-state index in [0.717, 1.165) is 35.9 Å². The van der Waals surface area contributed by atoms with Crippen LogP contribution in [0.2, 0.25) is 0 Å². The van der Waals surface area contributed by atoms with Crippen LogP contribution in [0.15, 0.2) is 34.1 Å². The highest BCUT2D eigenvalue weighted by Crippen LogP contribution is 2.14. The van der Waals surface area contributed by atoms with Gasteiger partial charge in [-0.2, -0.15) is 0 Å². The highest BCUT2D eigenvalue weighted by Gasteiger charge is 2.09. The Bertz CT molecular complexity index is 642. The summed E-state index contributed by atoms with van der Waals surface area (Å²) in [7, 11) is 5.90. The first-order valence-corrected chi connectivity index (χ1v) is 8.01. The predicted molar refractivity (Wildman–Crippen MR) is 92.9 cm³/mol. The van der Waals surface area contributed by atoms with Crippen molar-refractivity contribution in [3.63, 3.8) is 0 Å². The summed E-state index contributed by atoms with van der Waals surface area (Å²) >= 11 is 3.50. The Kier molecular flexibility index (Phi) is 5.65. The van der Waals surface area contributed by atoms with Gasteiger partial charge in [0.1, 0.15) is 5.82 Å². The third kappa shape index (κ3) is 4.13. The summed E-state index contributed by atoms with van der Waals surface area (Å²) in [6.45, 7) is 4.49. The van der Waals surface area contributed by atoms with Gasteiger partial charge >= 0.3 is 0 Å². The van der Waals surface area contributed by atoms with Crippen molar-refractivity contribution in [2.24, 2.45) is 12.0 Å². The number of guanidine groups is 1. The minimum absolute atomic E-state index is 0.797. The van der Waals surface area contributed by atoms with Crippen LogP contribution in [-0.2, 0) is 20.1 Å². The van der Waals surface area contributed by atoms with Crippen LogP contribution in [0.1, 0.15) is 11.5 Å². The molecule has 0 unspecified atom stereocenters. The summed E-state index contributed by atoms with van der Waals surface area (Å²) in [6.07, 6.45) is 5.87. The predicted octanol–water partition coefficient (Wildman–Crippen LogP) is 2.00. The summed E-state index contributed by atoms with van der Waals surface area (Å²) in [5.41, 5.74) is 1.22. The van der Waals surface area contributed by atoms with Gasteiger partial charge in [-0.1, -0.05) is 0 Å². The topological polar surface area (TPSA) is 50.4 Å². The number of aryl methyl sites for hydroxylation is 2. The van der Waals surface area contributed by atoms with Crippen LogP contribution < -0.4 is 5.32 Å². The van der Waals surface area contributed by atoms with Crippen LogP contribution in [0.4, 0.5) is 0 Å². The maximum Gasteiger partial charge on any atom is 0.193 e. The molecule has 2 rings (SSSR count). The third-order valence-electron chi connectivity index (χ3n) is 3.61. The number of rotatable bonds is 5. The smallest absolute Gasteiger partial charge is 0.193 e. The van der Waals surface area contributed by atoms with Crippen molar-refractivity contribution in [2.75, 3.05) is 20.6 Å². The molecule has 0 aliphatic heterocycles. The number of aromatic nitrogens is 3. The minimum Gasteiger partial charge on any atom is -0.354 e. The molecule has 2 heterocycles. The molecule has 0 saturated carbocycles. The zero-order valence-electron chi connectivity index (χ0n) is 13.5. The normalized spacial score (nSPS) is 11.8. The lowest BCUT2D eigenvalue weighted by Crippen LogP contribution is -2.40. The van der Waals surface area contributed by atoms with E-state index < -0.39 is 0 Å². The van der Waals surface area contributed by atoms with Crippen molar-refractivity contribution in [3.8, 4) is 0 Å². The zero-order chi connectivity index (χ0) is 16.1. The zero-order valence-corrected chi connectivity index (χ0v) is 15.1. The van der Waals surface area contributed by atoms with Gasteiger partial charge in [0.25, 0.3) is 0 Å². The van der Waals surface area contributed by atoms with Crippen LogP contribution >= 0.6 is 15.9 Å². The Labute approximate surface area is 140 Å². The van der Waals surface area contributed by atoms with Gasteiger partial charge in [-0.25, -0.2) is 4.98 Å². The number of halogens is 1. The van der Waals surface area contributed by atoms with Gasteiger partial charge in [-0.15, -0.1) is 0 Å². The first kappa shape index (κ1) is 16.6. The Hall–Kier alpha value is -1.76.